The Morgan fingerprint density at radius 3 is 2.72 bits per heavy atom. The summed E-state index contributed by atoms with van der Waals surface area (Å²) in [5, 5.41) is 0.550. The van der Waals surface area contributed by atoms with Gasteiger partial charge in [0.25, 0.3) is 0 Å². The minimum atomic E-state index is -2.61. The second-order valence-corrected chi connectivity index (χ2v) is 6.97. The first-order chi connectivity index (χ1) is 13.8. The van der Waals surface area contributed by atoms with Crippen molar-refractivity contribution in [3.05, 3.63) is 70.3 Å². The maximum Gasteiger partial charge on any atom is 0.248 e. The SMILES string of the molecule is COc1cccc(F)c1F.O=c1cc([C@H]2CCCC(F)(F)C2)[nH]c2cc[nH+]cc12. The van der Waals surface area contributed by atoms with Crippen LogP contribution in [0.3, 0.4) is 0 Å². The molecule has 4 rings (SSSR count). The summed E-state index contributed by atoms with van der Waals surface area (Å²) in [6.07, 6.45) is 4.31. The number of ether oxygens (including phenoxy) is 1. The molecular formula is C21H21F4N2O2+. The number of H-pyrrole nitrogens is 2. The summed E-state index contributed by atoms with van der Waals surface area (Å²) >= 11 is 0. The van der Waals surface area contributed by atoms with Gasteiger partial charge >= 0.3 is 0 Å². The minimum Gasteiger partial charge on any atom is -0.494 e. The van der Waals surface area contributed by atoms with E-state index in [2.05, 4.69) is 14.7 Å². The zero-order valence-electron chi connectivity index (χ0n) is 15.8. The van der Waals surface area contributed by atoms with E-state index in [0.717, 1.165) is 6.07 Å². The Morgan fingerprint density at radius 2 is 2.03 bits per heavy atom. The molecule has 4 nitrogen and oxygen atoms in total. The Morgan fingerprint density at radius 1 is 1.24 bits per heavy atom. The van der Waals surface area contributed by atoms with Crippen LogP contribution >= 0.6 is 0 Å². The average molecular weight is 409 g/mol. The normalized spacial score (nSPS) is 18.0. The third-order valence-corrected chi connectivity index (χ3v) is 4.91. The first-order valence-corrected chi connectivity index (χ1v) is 9.19. The fraction of sp³-hybridized carbons (Fsp3) is 0.333. The molecule has 1 fully saturated rings. The molecule has 1 atom stereocenters. The van der Waals surface area contributed by atoms with Crippen LogP contribution in [0.5, 0.6) is 5.75 Å². The summed E-state index contributed by atoms with van der Waals surface area (Å²) in [6.45, 7) is 0. The van der Waals surface area contributed by atoms with E-state index >= 15 is 0 Å². The van der Waals surface area contributed by atoms with Crippen molar-refractivity contribution in [1.29, 1.82) is 0 Å². The van der Waals surface area contributed by atoms with E-state index in [1.54, 1.807) is 18.5 Å². The Balaban J connectivity index is 0.000000204. The predicted octanol–water partition coefficient (Wildman–Crippen LogP) is 4.61. The van der Waals surface area contributed by atoms with Crippen LogP contribution in [-0.4, -0.2) is 18.0 Å². The first kappa shape index (κ1) is 20.8. The molecule has 0 aliphatic heterocycles. The molecule has 29 heavy (non-hydrogen) atoms. The molecule has 154 valence electrons. The fourth-order valence-electron chi connectivity index (χ4n) is 3.45. The van der Waals surface area contributed by atoms with E-state index in [1.807, 2.05) is 0 Å². The van der Waals surface area contributed by atoms with Crippen molar-refractivity contribution in [2.45, 2.75) is 37.5 Å². The predicted molar refractivity (Wildman–Crippen MR) is 100 cm³/mol. The third kappa shape index (κ3) is 4.93. The summed E-state index contributed by atoms with van der Waals surface area (Å²) in [5.74, 6) is -4.77. The van der Waals surface area contributed by atoms with Gasteiger partial charge < -0.3 is 9.72 Å². The van der Waals surface area contributed by atoms with Crippen LogP contribution in [0, 0.1) is 11.6 Å². The summed E-state index contributed by atoms with van der Waals surface area (Å²) in [6, 6.07) is 7.00. The van der Waals surface area contributed by atoms with E-state index < -0.39 is 17.6 Å². The number of hydrogen-bond donors (Lipinski definition) is 1. The summed E-state index contributed by atoms with van der Waals surface area (Å²) in [5.41, 5.74) is 1.19. The second-order valence-electron chi connectivity index (χ2n) is 6.97. The molecule has 2 N–H and O–H groups in total. The van der Waals surface area contributed by atoms with Crippen molar-refractivity contribution in [3.63, 3.8) is 0 Å². The lowest BCUT2D eigenvalue weighted by molar-refractivity contribution is -0.375. The average Bonchev–Trinajstić information content (AvgIpc) is 2.70. The van der Waals surface area contributed by atoms with Gasteiger partial charge in [0.1, 0.15) is 5.39 Å². The molecule has 0 saturated heterocycles. The highest BCUT2D eigenvalue weighted by Crippen LogP contribution is 2.41. The van der Waals surface area contributed by atoms with Gasteiger partial charge in [-0.25, -0.2) is 18.2 Å². The third-order valence-electron chi connectivity index (χ3n) is 4.91. The van der Waals surface area contributed by atoms with E-state index in [1.165, 1.54) is 25.3 Å². The van der Waals surface area contributed by atoms with Gasteiger partial charge in [0.15, 0.2) is 29.4 Å². The number of methoxy groups -OCH3 is 1. The molecule has 1 aromatic carbocycles. The van der Waals surface area contributed by atoms with Crippen LogP contribution in [0.1, 0.15) is 37.3 Å². The van der Waals surface area contributed by atoms with Crippen molar-refractivity contribution in [2.75, 3.05) is 7.11 Å². The zero-order valence-corrected chi connectivity index (χ0v) is 15.8. The fourth-order valence-corrected chi connectivity index (χ4v) is 3.45. The Hall–Kier alpha value is -2.90. The maximum absolute atomic E-state index is 13.5. The number of alkyl halides is 2. The van der Waals surface area contributed by atoms with Crippen LogP contribution in [-0.2, 0) is 0 Å². The molecule has 0 radical (unpaired) electrons. The molecule has 3 aromatic rings. The van der Waals surface area contributed by atoms with Crippen LogP contribution < -0.4 is 15.1 Å². The van der Waals surface area contributed by atoms with Crippen molar-refractivity contribution in [1.82, 2.24) is 4.98 Å². The van der Waals surface area contributed by atoms with Gasteiger partial charge in [-0.3, -0.25) is 4.79 Å². The van der Waals surface area contributed by atoms with E-state index in [0.29, 0.717) is 29.4 Å². The highest BCUT2D eigenvalue weighted by Gasteiger charge is 2.37. The molecule has 1 saturated carbocycles. The lowest BCUT2D eigenvalue weighted by Gasteiger charge is -2.28. The highest BCUT2D eigenvalue weighted by molar-refractivity contribution is 5.76. The summed E-state index contributed by atoms with van der Waals surface area (Å²) in [4.78, 5) is 17.9. The molecule has 0 unspecified atom stereocenters. The van der Waals surface area contributed by atoms with Gasteiger partial charge in [0, 0.05) is 36.6 Å². The number of aromatic amines is 2. The molecule has 0 bridgehead atoms. The van der Waals surface area contributed by atoms with Gasteiger partial charge in [-0.15, -0.1) is 0 Å². The summed E-state index contributed by atoms with van der Waals surface area (Å²) in [7, 11) is 1.29. The largest absolute Gasteiger partial charge is 0.494 e. The van der Waals surface area contributed by atoms with E-state index in [4.69, 9.17) is 0 Å². The van der Waals surface area contributed by atoms with E-state index in [-0.39, 0.29) is 29.9 Å². The number of halogens is 4. The van der Waals surface area contributed by atoms with Gasteiger partial charge in [-0.05, 0) is 25.0 Å². The number of hydrogen-bond acceptors (Lipinski definition) is 2. The standard InChI is InChI=1S/C14H14F2N2O.C7H6F2O/c15-14(16)4-1-2-9(7-14)12-6-13(19)10-8-17-5-3-11(10)18-12;1-10-6-4-2-3-5(8)7(6)9/h3,5-6,8-9H,1-2,4,7H2,(H,18,19);2-4H,1H3/p+1/t9-;/m0./s1. The number of aromatic nitrogens is 2. The topological polar surface area (TPSA) is 56.2 Å². The molecule has 1 aliphatic rings. The molecule has 0 amide bonds. The smallest absolute Gasteiger partial charge is 0.248 e. The first-order valence-electron chi connectivity index (χ1n) is 9.19. The maximum atomic E-state index is 13.5. The Labute approximate surface area is 164 Å². The molecule has 1 aliphatic carbocycles. The number of rotatable bonds is 2. The summed E-state index contributed by atoms with van der Waals surface area (Å²) < 4.78 is 56.2. The number of nitrogens with one attached hydrogen (secondary N) is 2. The number of pyridine rings is 2. The monoisotopic (exact) mass is 409 g/mol. The molecule has 8 heteroatoms. The van der Waals surface area contributed by atoms with Crippen LogP contribution in [0.15, 0.2) is 47.5 Å². The second kappa shape index (κ2) is 8.63. The van der Waals surface area contributed by atoms with Gasteiger partial charge in [0.05, 0.1) is 12.6 Å². The molecule has 0 spiro atoms. The number of benzene rings is 1. The van der Waals surface area contributed by atoms with E-state index in [9.17, 15) is 22.4 Å². The Bertz CT molecular complexity index is 1050. The molecular weight excluding hydrogens is 388 g/mol. The molecule has 2 aromatic heterocycles. The van der Waals surface area contributed by atoms with Gasteiger partial charge in [-0.2, -0.15) is 4.39 Å². The van der Waals surface area contributed by atoms with Gasteiger partial charge in [0.2, 0.25) is 11.7 Å². The number of fused-ring (bicyclic) bond motifs is 1. The van der Waals surface area contributed by atoms with Crippen molar-refractivity contribution in [2.24, 2.45) is 0 Å². The van der Waals surface area contributed by atoms with Crippen LogP contribution in [0.2, 0.25) is 0 Å². The molecule has 2 heterocycles. The van der Waals surface area contributed by atoms with Crippen LogP contribution in [0.4, 0.5) is 17.6 Å². The van der Waals surface area contributed by atoms with Crippen molar-refractivity contribution in [3.8, 4) is 5.75 Å². The quantitative estimate of drug-likeness (QED) is 0.629. The van der Waals surface area contributed by atoms with Crippen LogP contribution in [0.25, 0.3) is 10.9 Å². The van der Waals surface area contributed by atoms with Crippen molar-refractivity contribution < 1.29 is 27.3 Å². The lowest BCUT2D eigenvalue weighted by atomic mass is 9.84. The minimum absolute atomic E-state index is 0.0454. The lowest BCUT2D eigenvalue weighted by Crippen LogP contribution is -2.26. The van der Waals surface area contributed by atoms with Gasteiger partial charge in [-0.1, -0.05) is 6.07 Å². The van der Waals surface area contributed by atoms with Crippen molar-refractivity contribution >= 4 is 10.9 Å². The zero-order chi connectivity index (χ0) is 21.0. The Kier molecular flexibility index (Phi) is 6.20. The highest BCUT2D eigenvalue weighted by atomic mass is 19.3.